The van der Waals surface area contributed by atoms with E-state index in [1.54, 1.807) is 37.3 Å². The number of ketones is 1. The number of nitrogens with zero attached hydrogens (tertiary/aromatic N) is 3. The Kier molecular flexibility index (Phi) is 8.23. The molecule has 0 saturated carbocycles. The zero-order valence-corrected chi connectivity index (χ0v) is 22.2. The van der Waals surface area contributed by atoms with Gasteiger partial charge in [-0.2, -0.15) is 0 Å². The fourth-order valence-electron chi connectivity index (χ4n) is 4.00. The van der Waals surface area contributed by atoms with Gasteiger partial charge in [-0.15, -0.1) is 10.2 Å². The lowest BCUT2D eigenvalue weighted by Gasteiger charge is -2.23. The first kappa shape index (κ1) is 26.3. The number of Topliss-reactive ketones (excluding diaryl/α,β-unsaturated/α-hetero) is 1. The van der Waals surface area contributed by atoms with E-state index in [1.165, 1.54) is 16.2 Å². The highest BCUT2D eigenvalue weighted by Gasteiger charge is 2.48. The molecule has 1 aliphatic heterocycles. The van der Waals surface area contributed by atoms with Crippen molar-refractivity contribution in [3.8, 4) is 11.5 Å². The van der Waals surface area contributed by atoms with Gasteiger partial charge in [0.05, 0.1) is 24.8 Å². The Morgan fingerprint density at radius 3 is 2.43 bits per heavy atom. The summed E-state index contributed by atoms with van der Waals surface area (Å²) in [7, 11) is 0. The average molecular weight is 522 g/mol. The van der Waals surface area contributed by atoms with Gasteiger partial charge >= 0.3 is 5.91 Å². The molecule has 37 heavy (non-hydrogen) atoms. The predicted molar refractivity (Wildman–Crippen MR) is 143 cm³/mol. The smallest absolute Gasteiger partial charge is 0.301 e. The molecule has 1 unspecified atom stereocenters. The number of carbonyl (C=O) groups excluding carboxylic acids is 2. The van der Waals surface area contributed by atoms with E-state index in [9.17, 15) is 14.7 Å². The van der Waals surface area contributed by atoms with Crippen LogP contribution in [0.5, 0.6) is 11.5 Å². The molecule has 0 aliphatic carbocycles. The van der Waals surface area contributed by atoms with Crippen molar-refractivity contribution in [2.24, 2.45) is 5.92 Å². The number of aliphatic hydroxyl groups excluding tert-OH is 1. The summed E-state index contributed by atoms with van der Waals surface area (Å²) in [4.78, 5) is 27.9. The van der Waals surface area contributed by atoms with Gasteiger partial charge in [-0.1, -0.05) is 44.2 Å². The van der Waals surface area contributed by atoms with Crippen molar-refractivity contribution >= 4 is 33.9 Å². The summed E-state index contributed by atoms with van der Waals surface area (Å²) in [5.74, 6) is -0.0417. The van der Waals surface area contributed by atoms with Crippen LogP contribution in [0, 0.1) is 12.8 Å². The van der Waals surface area contributed by atoms with Crippen LogP contribution < -0.4 is 14.4 Å². The monoisotopic (exact) mass is 521 g/mol. The molecule has 0 bridgehead atoms. The van der Waals surface area contributed by atoms with E-state index in [0.29, 0.717) is 46.8 Å². The van der Waals surface area contributed by atoms with Crippen LogP contribution in [-0.2, 0) is 9.59 Å². The molecule has 3 aromatic rings. The normalized spacial score (nSPS) is 17.0. The van der Waals surface area contributed by atoms with Gasteiger partial charge in [-0.05, 0) is 67.6 Å². The van der Waals surface area contributed by atoms with E-state index in [0.717, 1.165) is 12.8 Å². The summed E-state index contributed by atoms with van der Waals surface area (Å²) in [5.41, 5.74) is 1.02. The lowest BCUT2D eigenvalue weighted by Crippen LogP contribution is -2.29. The minimum atomic E-state index is -0.892. The van der Waals surface area contributed by atoms with Crippen molar-refractivity contribution in [2.75, 3.05) is 18.1 Å². The van der Waals surface area contributed by atoms with Gasteiger partial charge < -0.3 is 14.6 Å². The standard InChI is InChI=1S/C28H31N3O5S/c1-5-14-35-21-11-9-19(10-12-21)25(32)23-24(20-7-6-8-22(16-20)36-15-13-17(2)3)31(27(34)26(23)33)28-30-29-18(4)37-28/h6-12,16-17,24,32H,5,13-15H2,1-4H3/b25-23+. The summed E-state index contributed by atoms with van der Waals surface area (Å²) in [5, 5.41) is 20.4. The summed E-state index contributed by atoms with van der Waals surface area (Å²) in [6, 6.07) is 13.2. The number of benzene rings is 2. The molecule has 2 heterocycles. The quantitative estimate of drug-likeness (QED) is 0.208. The number of hydrogen-bond donors (Lipinski definition) is 1. The highest BCUT2D eigenvalue weighted by Crippen LogP contribution is 2.43. The Morgan fingerprint density at radius 2 is 1.78 bits per heavy atom. The average Bonchev–Trinajstić information content (AvgIpc) is 3.42. The van der Waals surface area contributed by atoms with Gasteiger partial charge in [0.2, 0.25) is 5.13 Å². The van der Waals surface area contributed by atoms with Gasteiger partial charge in [0.25, 0.3) is 5.78 Å². The number of aromatic nitrogens is 2. The molecule has 1 amide bonds. The third-order valence-corrected chi connectivity index (χ3v) is 6.74. The Hall–Kier alpha value is -3.72. The molecule has 1 fully saturated rings. The molecule has 4 rings (SSSR count). The summed E-state index contributed by atoms with van der Waals surface area (Å²) < 4.78 is 11.6. The van der Waals surface area contributed by atoms with Crippen LogP contribution in [0.4, 0.5) is 5.13 Å². The van der Waals surface area contributed by atoms with E-state index >= 15 is 0 Å². The molecule has 0 radical (unpaired) electrons. The minimum Gasteiger partial charge on any atom is -0.507 e. The van der Waals surface area contributed by atoms with Crippen LogP contribution >= 0.6 is 11.3 Å². The molecule has 0 spiro atoms. The van der Waals surface area contributed by atoms with Crippen LogP contribution in [-0.4, -0.2) is 40.2 Å². The Balaban J connectivity index is 1.78. The molecule has 2 aromatic carbocycles. The Labute approximate surface area is 220 Å². The topological polar surface area (TPSA) is 102 Å². The van der Waals surface area contributed by atoms with Gasteiger partial charge in [0.1, 0.15) is 22.3 Å². The lowest BCUT2D eigenvalue weighted by atomic mass is 9.95. The maximum absolute atomic E-state index is 13.3. The highest BCUT2D eigenvalue weighted by atomic mass is 32.1. The molecule has 9 heteroatoms. The first-order valence-corrected chi connectivity index (χ1v) is 13.2. The molecule has 194 valence electrons. The summed E-state index contributed by atoms with van der Waals surface area (Å²) in [6.07, 6.45) is 1.77. The van der Waals surface area contributed by atoms with E-state index in [4.69, 9.17) is 9.47 Å². The van der Waals surface area contributed by atoms with Crippen molar-refractivity contribution < 1.29 is 24.2 Å². The first-order valence-electron chi connectivity index (χ1n) is 12.4. The van der Waals surface area contributed by atoms with Crippen molar-refractivity contribution in [1.82, 2.24) is 10.2 Å². The first-order chi connectivity index (χ1) is 17.8. The van der Waals surface area contributed by atoms with E-state index in [-0.39, 0.29) is 16.5 Å². The molecule has 1 N–H and O–H groups in total. The van der Waals surface area contributed by atoms with Gasteiger partial charge in [0, 0.05) is 5.56 Å². The molecule has 1 saturated heterocycles. The van der Waals surface area contributed by atoms with E-state index in [1.807, 2.05) is 25.1 Å². The number of aliphatic hydroxyl groups is 1. The predicted octanol–water partition coefficient (Wildman–Crippen LogP) is 5.69. The van der Waals surface area contributed by atoms with Gasteiger partial charge in [-0.3, -0.25) is 14.5 Å². The number of carbonyl (C=O) groups is 2. The molecule has 8 nitrogen and oxygen atoms in total. The van der Waals surface area contributed by atoms with Crippen LogP contribution in [0.15, 0.2) is 54.1 Å². The number of rotatable bonds is 10. The second kappa shape index (κ2) is 11.6. The third-order valence-electron chi connectivity index (χ3n) is 5.90. The van der Waals surface area contributed by atoms with Crippen LogP contribution in [0.2, 0.25) is 0 Å². The van der Waals surface area contributed by atoms with Crippen molar-refractivity contribution in [2.45, 2.75) is 46.6 Å². The van der Waals surface area contributed by atoms with Crippen LogP contribution in [0.25, 0.3) is 5.76 Å². The molecule has 1 atom stereocenters. The second-order valence-electron chi connectivity index (χ2n) is 9.25. The molecular formula is C28H31N3O5S. The zero-order chi connectivity index (χ0) is 26.5. The third kappa shape index (κ3) is 5.83. The fourth-order valence-corrected chi connectivity index (χ4v) is 4.71. The number of hydrogen-bond acceptors (Lipinski definition) is 8. The Bertz CT molecular complexity index is 1300. The van der Waals surface area contributed by atoms with E-state index < -0.39 is 17.7 Å². The highest BCUT2D eigenvalue weighted by molar-refractivity contribution is 7.15. The molecule has 1 aromatic heterocycles. The van der Waals surface area contributed by atoms with Crippen LogP contribution in [0.3, 0.4) is 0 Å². The summed E-state index contributed by atoms with van der Waals surface area (Å²) in [6.45, 7) is 9.16. The van der Waals surface area contributed by atoms with Crippen LogP contribution in [0.1, 0.15) is 55.8 Å². The van der Waals surface area contributed by atoms with Gasteiger partial charge in [0.15, 0.2) is 0 Å². The van der Waals surface area contributed by atoms with Gasteiger partial charge in [-0.25, -0.2) is 0 Å². The fraction of sp³-hybridized carbons (Fsp3) is 0.357. The van der Waals surface area contributed by atoms with Crippen molar-refractivity contribution in [1.29, 1.82) is 0 Å². The maximum Gasteiger partial charge on any atom is 0.301 e. The van der Waals surface area contributed by atoms with Crippen molar-refractivity contribution in [3.05, 3.63) is 70.2 Å². The largest absolute Gasteiger partial charge is 0.507 e. The number of amides is 1. The van der Waals surface area contributed by atoms with Crippen molar-refractivity contribution in [3.63, 3.8) is 0 Å². The number of ether oxygens (including phenoxy) is 2. The zero-order valence-electron chi connectivity index (χ0n) is 21.4. The minimum absolute atomic E-state index is 0.0144. The molecular weight excluding hydrogens is 490 g/mol. The summed E-state index contributed by atoms with van der Waals surface area (Å²) >= 11 is 1.21. The van der Waals surface area contributed by atoms with E-state index in [2.05, 4.69) is 24.0 Å². The number of anilines is 1. The molecule has 1 aliphatic rings. The Morgan fingerprint density at radius 1 is 1.05 bits per heavy atom. The maximum atomic E-state index is 13.3. The number of aryl methyl sites for hydroxylation is 1. The SMILES string of the molecule is CCCOc1ccc(/C(O)=C2\C(=O)C(=O)N(c3nnc(C)s3)C2c2cccc(OCCC(C)C)c2)cc1. The lowest BCUT2D eigenvalue weighted by molar-refractivity contribution is -0.132. The second-order valence-corrected chi connectivity index (χ2v) is 10.4.